The lowest BCUT2D eigenvalue weighted by Crippen LogP contribution is -2.36. The summed E-state index contributed by atoms with van der Waals surface area (Å²) in [6, 6.07) is 14.0. The number of amides is 1. The lowest BCUT2D eigenvalue weighted by Gasteiger charge is -2.05. The van der Waals surface area contributed by atoms with Gasteiger partial charge in [-0.25, -0.2) is 10.1 Å². The van der Waals surface area contributed by atoms with E-state index in [0.717, 1.165) is 15.1 Å². The van der Waals surface area contributed by atoms with Crippen LogP contribution in [0.25, 0.3) is 16.9 Å². The van der Waals surface area contributed by atoms with Crippen LogP contribution in [0.5, 0.6) is 0 Å². The largest absolute Gasteiger partial charge is 0.456 e. The van der Waals surface area contributed by atoms with Crippen molar-refractivity contribution in [2.24, 2.45) is 0 Å². The van der Waals surface area contributed by atoms with Gasteiger partial charge in [-0.3, -0.25) is 4.79 Å². The molecule has 1 amide bonds. The molecule has 0 bridgehead atoms. The first-order valence-corrected chi connectivity index (χ1v) is 9.54. The molecule has 0 fully saturated rings. The molecule has 3 heterocycles. The third-order valence-electron chi connectivity index (χ3n) is 4.29. The molecule has 3 aromatic heterocycles. The number of aromatic nitrogens is 4. The fourth-order valence-corrected chi connectivity index (χ4v) is 3.17. The number of pyridine rings is 1. The van der Waals surface area contributed by atoms with Gasteiger partial charge >= 0.3 is 11.8 Å². The molecule has 30 heavy (non-hydrogen) atoms. The summed E-state index contributed by atoms with van der Waals surface area (Å²) in [5, 5.41) is 5.04. The van der Waals surface area contributed by atoms with Crippen LogP contribution in [0.15, 0.2) is 59.1 Å². The lowest BCUT2D eigenvalue weighted by molar-refractivity contribution is -0.604. The molecule has 0 saturated heterocycles. The Morgan fingerprint density at radius 1 is 1.10 bits per heavy atom. The number of rotatable bonds is 3. The Bertz CT molecular complexity index is 1250. The van der Waals surface area contributed by atoms with Crippen LogP contribution in [0, 0.1) is 6.92 Å². The molecule has 10 heteroatoms. The molecule has 4 aromatic rings. The number of nitrogens with zero attached hydrogens (tertiary/aromatic N) is 3. The minimum absolute atomic E-state index is 0.0369. The van der Waals surface area contributed by atoms with Crippen LogP contribution in [0.3, 0.4) is 0 Å². The second-order valence-corrected chi connectivity index (χ2v) is 7.43. The third-order valence-corrected chi connectivity index (χ3v) is 4.82. The fourth-order valence-electron chi connectivity index (χ4n) is 2.91. The Kier molecular flexibility index (Phi) is 5.02. The van der Waals surface area contributed by atoms with E-state index in [0.29, 0.717) is 17.1 Å². The summed E-state index contributed by atoms with van der Waals surface area (Å²) in [5.74, 6) is -0.333. The second kappa shape index (κ2) is 7.52. The molecule has 0 unspecified atom stereocenters. The number of carbonyl (C=O) groups excluding carboxylic acids is 1. The van der Waals surface area contributed by atoms with E-state index < -0.39 is 17.8 Å². The number of aromatic amines is 1. The molecule has 2 N–H and O–H groups in total. The number of halogens is 4. The van der Waals surface area contributed by atoms with E-state index in [2.05, 4.69) is 36.3 Å². The number of aryl methyl sites for hydroxylation is 1. The van der Waals surface area contributed by atoms with Crippen molar-refractivity contribution in [3.63, 3.8) is 0 Å². The van der Waals surface area contributed by atoms with E-state index in [1.165, 1.54) is 6.07 Å². The van der Waals surface area contributed by atoms with Crippen LogP contribution in [0.1, 0.15) is 21.9 Å². The number of nitrogens with one attached hydrogen (secondary N) is 2. The maximum Gasteiger partial charge on any atom is 0.456 e. The van der Waals surface area contributed by atoms with Gasteiger partial charge in [-0.15, -0.1) is 4.52 Å². The topological polar surface area (TPSA) is 74.8 Å². The number of hydrogen-bond acceptors (Lipinski definition) is 3. The summed E-state index contributed by atoms with van der Waals surface area (Å²) < 4.78 is 42.6. The summed E-state index contributed by atoms with van der Waals surface area (Å²) in [6.45, 7) is 1.76. The summed E-state index contributed by atoms with van der Waals surface area (Å²) in [6.07, 6.45) is -4.66. The first kappa shape index (κ1) is 20.0. The Hall–Kier alpha value is -3.27. The minimum atomic E-state index is -4.66. The summed E-state index contributed by atoms with van der Waals surface area (Å²) in [7, 11) is 0. The molecule has 0 radical (unpaired) electrons. The zero-order valence-electron chi connectivity index (χ0n) is 15.5. The Morgan fingerprint density at radius 2 is 1.83 bits per heavy atom. The van der Waals surface area contributed by atoms with Gasteiger partial charge in [-0.1, -0.05) is 22.0 Å². The van der Waals surface area contributed by atoms with Crippen molar-refractivity contribution in [2.75, 3.05) is 5.32 Å². The standard InChI is InChI=1S/C20H13BrF3N5O/c1-11-3-2-4-17(25-11)27-19(30)15-10-18-26-14(12-5-7-13(21)8-6-12)9-16(20(22,23)24)29(18)28-15/h2-10H,1H3,(H,25,27,30)/p+1. The number of fused-ring (bicyclic) bond motifs is 1. The number of carbonyl (C=O) groups is 1. The highest BCUT2D eigenvalue weighted by Gasteiger charge is 2.40. The van der Waals surface area contributed by atoms with Gasteiger partial charge in [0.1, 0.15) is 11.5 Å². The van der Waals surface area contributed by atoms with Gasteiger partial charge in [-0.2, -0.15) is 13.2 Å². The molecule has 0 aliphatic heterocycles. The number of alkyl halides is 3. The molecular formula is C20H14BrF3N5O+. The smallest absolute Gasteiger partial charge is 0.305 e. The van der Waals surface area contributed by atoms with E-state index in [-0.39, 0.29) is 17.0 Å². The number of anilines is 1. The van der Waals surface area contributed by atoms with Gasteiger partial charge in [0.2, 0.25) is 5.69 Å². The summed E-state index contributed by atoms with van der Waals surface area (Å²) in [5.41, 5.74) is 0.259. The first-order valence-electron chi connectivity index (χ1n) is 8.75. The van der Waals surface area contributed by atoms with Crippen molar-refractivity contribution in [3.05, 3.63) is 76.2 Å². The fraction of sp³-hybridized carbons (Fsp3) is 0.100. The molecule has 0 aliphatic rings. The highest BCUT2D eigenvalue weighted by Crippen LogP contribution is 2.30. The van der Waals surface area contributed by atoms with E-state index >= 15 is 0 Å². The first-order chi connectivity index (χ1) is 14.2. The average molecular weight is 477 g/mol. The average Bonchev–Trinajstić information content (AvgIpc) is 3.11. The second-order valence-electron chi connectivity index (χ2n) is 6.51. The Labute approximate surface area is 176 Å². The third kappa shape index (κ3) is 4.04. The SMILES string of the molecule is Cc1cccc(NC(=O)c2cc3nc(-c4ccc(Br)cc4)cc(C(F)(F)F)[n+]3[nH]2)n1. The van der Waals surface area contributed by atoms with Crippen molar-refractivity contribution in [2.45, 2.75) is 13.1 Å². The predicted molar refractivity (Wildman–Crippen MR) is 107 cm³/mol. The van der Waals surface area contributed by atoms with Gasteiger partial charge < -0.3 is 5.32 Å². The molecule has 6 nitrogen and oxygen atoms in total. The van der Waals surface area contributed by atoms with Gasteiger partial charge in [0.15, 0.2) is 5.69 Å². The van der Waals surface area contributed by atoms with Gasteiger partial charge in [0.25, 0.3) is 5.91 Å². The zero-order chi connectivity index (χ0) is 21.5. The number of benzene rings is 1. The molecule has 0 aliphatic carbocycles. The highest BCUT2D eigenvalue weighted by molar-refractivity contribution is 9.10. The van der Waals surface area contributed by atoms with Gasteiger partial charge in [0.05, 0.1) is 6.07 Å². The number of H-pyrrole nitrogens is 1. The van der Waals surface area contributed by atoms with Gasteiger partial charge in [0, 0.05) is 21.8 Å². The van der Waals surface area contributed by atoms with E-state index in [1.807, 2.05) is 0 Å². The molecular weight excluding hydrogens is 463 g/mol. The molecule has 0 saturated carbocycles. The Balaban J connectivity index is 1.78. The summed E-state index contributed by atoms with van der Waals surface area (Å²) >= 11 is 3.30. The van der Waals surface area contributed by atoms with Crippen LogP contribution < -0.4 is 9.83 Å². The zero-order valence-corrected chi connectivity index (χ0v) is 17.0. The van der Waals surface area contributed by atoms with Gasteiger partial charge in [-0.05, 0) is 48.3 Å². The highest BCUT2D eigenvalue weighted by atomic mass is 79.9. The normalized spacial score (nSPS) is 11.6. The summed E-state index contributed by atoms with van der Waals surface area (Å²) in [4.78, 5) is 21.0. The van der Waals surface area contributed by atoms with E-state index in [1.54, 1.807) is 49.4 Å². The number of hydrogen-bond donors (Lipinski definition) is 2. The maximum absolute atomic E-state index is 13.7. The maximum atomic E-state index is 13.7. The van der Waals surface area contributed by atoms with Crippen molar-refractivity contribution in [1.29, 1.82) is 0 Å². The quantitative estimate of drug-likeness (QED) is 0.426. The van der Waals surface area contributed by atoms with E-state index in [4.69, 9.17) is 0 Å². The molecule has 0 atom stereocenters. The van der Waals surface area contributed by atoms with Crippen molar-refractivity contribution < 1.29 is 22.5 Å². The van der Waals surface area contributed by atoms with Crippen LogP contribution in [-0.4, -0.2) is 21.0 Å². The van der Waals surface area contributed by atoms with E-state index in [9.17, 15) is 18.0 Å². The van der Waals surface area contributed by atoms with Crippen molar-refractivity contribution in [1.82, 2.24) is 15.1 Å². The Morgan fingerprint density at radius 3 is 2.50 bits per heavy atom. The van der Waals surface area contributed by atoms with Crippen molar-refractivity contribution >= 4 is 33.3 Å². The van der Waals surface area contributed by atoms with Crippen LogP contribution in [0.4, 0.5) is 19.0 Å². The van der Waals surface area contributed by atoms with Crippen LogP contribution >= 0.6 is 15.9 Å². The molecule has 1 aromatic carbocycles. The van der Waals surface area contributed by atoms with Crippen molar-refractivity contribution in [3.8, 4) is 11.3 Å². The van der Waals surface area contributed by atoms with Crippen LogP contribution in [-0.2, 0) is 6.18 Å². The van der Waals surface area contributed by atoms with Crippen LogP contribution in [0.2, 0.25) is 0 Å². The molecule has 152 valence electrons. The lowest BCUT2D eigenvalue weighted by atomic mass is 10.1. The molecule has 4 rings (SSSR count). The predicted octanol–water partition coefficient (Wildman–Crippen LogP) is 4.55. The minimum Gasteiger partial charge on any atom is -0.305 e. The monoisotopic (exact) mass is 476 g/mol. The molecule has 0 spiro atoms.